The Morgan fingerprint density at radius 3 is 1.79 bits per heavy atom. The molecule has 4 aromatic rings. The smallest absolute Gasteiger partial charge is 0.434 e. The number of ketones is 1. The van der Waals surface area contributed by atoms with Crippen LogP contribution in [-0.2, 0) is 86.0 Å². The first kappa shape index (κ1) is 97.9. The van der Waals surface area contributed by atoms with E-state index in [-0.39, 0.29) is 166 Å². The van der Waals surface area contributed by atoms with Crippen LogP contribution < -0.4 is 34.3 Å². The van der Waals surface area contributed by atoms with E-state index in [1.165, 1.54) is 58.4 Å². The third-order valence-electron chi connectivity index (χ3n) is 20.4. The topological polar surface area (TPSA) is 344 Å². The van der Waals surface area contributed by atoms with Gasteiger partial charge in [-0.05, 0) is 177 Å². The minimum atomic E-state index is -2.23. The molecule has 0 radical (unpaired) electrons. The van der Waals surface area contributed by atoms with Gasteiger partial charge in [-0.15, -0.1) is 0 Å². The molecule has 3 fully saturated rings. The van der Waals surface area contributed by atoms with Gasteiger partial charge in [0.05, 0.1) is 80.2 Å². The predicted molar refractivity (Wildman–Crippen MR) is 456 cm³/mol. The van der Waals surface area contributed by atoms with E-state index in [1.807, 2.05) is 13.0 Å². The summed E-state index contributed by atoms with van der Waals surface area (Å²) >= 11 is 0. The molecule has 0 saturated carbocycles. The van der Waals surface area contributed by atoms with Crippen molar-refractivity contribution >= 4 is 79.2 Å². The van der Waals surface area contributed by atoms with Gasteiger partial charge in [0.15, 0.2) is 25.6 Å². The van der Waals surface area contributed by atoms with Crippen LogP contribution in [0.5, 0.6) is 28.7 Å². The molecule has 7 atom stereocenters. The number of ether oxygens (including phenoxy) is 15. The van der Waals surface area contributed by atoms with Crippen molar-refractivity contribution in [3.8, 4) is 28.7 Å². The number of amides is 5. The minimum absolute atomic E-state index is 0.000584. The number of nitrogens with one attached hydrogen (secondary N) is 2. The average Bonchev–Trinajstić information content (AvgIpc) is 1.73. The molecule has 3 aliphatic rings. The Bertz CT molecular complexity index is 4370. The van der Waals surface area contributed by atoms with Crippen LogP contribution >= 0.6 is 0 Å². The Morgan fingerprint density at radius 2 is 1.19 bits per heavy atom. The number of nitrogens with zero attached hydrogens (tertiary/aromatic N) is 3. The van der Waals surface area contributed by atoms with E-state index in [0.29, 0.717) is 78.2 Å². The number of Topliss-reactive ketones (excluding diaryl/α,β-unsaturated/α-hetero) is 1. The van der Waals surface area contributed by atoms with Crippen LogP contribution in [0.15, 0.2) is 103 Å². The SMILES string of the molecule is C=CCOC(=O)Nc1cc(OCc2cc(COc3cc(NC(=O)OCc4ccc(O[C@@H]5O[C@H](C)[C@@H](C)[C@H](OC(C)=O)[C@H]5OC(C)=O)c(C(=O)CCCOC)c4)c(C(=O)N4CC(=C)C[C@H]4CC)cc3OC)cc(OCCOCCOCCCC(CC(=O)OC(C)(C)C)=NC(=O)OC(C)(C)C)c2)c(C)cc1C(=O)N1CC(=C)C[C@H]1CO[Si](C)(C)C(C)(C)C. The highest BCUT2D eigenvalue weighted by Crippen LogP contribution is 2.41. The fraction of sp³-hybridized carbons (Fsp3) is 0.556. The molecule has 0 unspecified atom stereocenters. The van der Waals surface area contributed by atoms with E-state index < -0.39 is 98.7 Å². The molecule has 0 bridgehead atoms. The van der Waals surface area contributed by atoms with E-state index in [9.17, 15) is 43.2 Å². The molecule has 3 saturated heterocycles. The molecule has 7 rings (SSSR count). The summed E-state index contributed by atoms with van der Waals surface area (Å²) in [5.74, 6) is -2.42. The Labute approximate surface area is 712 Å². The average molecular weight is 1710 g/mol. The maximum atomic E-state index is 14.9. The van der Waals surface area contributed by atoms with E-state index in [0.717, 1.165) is 11.1 Å². The minimum Gasteiger partial charge on any atom is -0.493 e. The molecule has 30 nitrogen and oxygen atoms in total. The third-order valence-corrected chi connectivity index (χ3v) is 24.9. The normalized spacial score (nSPS) is 18.2. The summed E-state index contributed by atoms with van der Waals surface area (Å²) in [5.41, 5.74) is 3.00. The highest BCUT2D eigenvalue weighted by atomic mass is 28.4. The number of esters is 3. The summed E-state index contributed by atoms with van der Waals surface area (Å²) < 4.78 is 95.2. The summed E-state index contributed by atoms with van der Waals surface area (Å²) in [4.78, 5) is 129. The molecular formula is C90H125N5O25Si. The van der Waals surface area contributed by atoms with Gasteiger partial charge in [0.25, 0.3) is 11.8 Å². The Kier molecular flexibility index (Phi) is 36.5. The van der Waals surface area contributed by atoms with Crippen LogP contribution in [0.2, 0.25) is 18.1 Å². The fourth-order valence-electron chi connectivity index (χ4n) is 13.3. The molecular weight excluding hydrogens is 1580 g/mol. The van der Waals surface area contributed by atoms with Crippen LogP contribution in [-0.4, -0.2) is 206 Å². The van der Waals surface area contributed by atoms with Crippen LogP contribution in [0.4, 0.5) is 25.8 Å². The quantitative estimate of drug-likeness (QED) is 0.00792. The van der Waals surface area contributed by atoms with Gasteiger partial charge in [0.1, 0.15) is 67.6 Å². The molecule has 5 amide bonds. The van der Waals surface area contributed by atoms with Crippen molar-refractivity contribution in [2.75, 3.05) is 90.8 Å². The molecule has 31 heteroatoms. The lowest BCUT2D eigenvalue weighted by Crippen LogP contribution is -2.57. The van der Waals surface area contributed by atoms with Gasteiger partial charge in [-0.2, -0.15) is 4.99 Å². The van der Waals surface area contributed by atoms with E-state index >= 15 is 0 Å². The van der Waals surface area contributed by atoms with Crippen molar-refractivity contribution < 1.29 is 119 Å². The lowest BCUT2D eigenvalue weighted by Gasteiger charge is -2.43. The van der Waals surface area contributed by atoms with Crippen molar-refractivity contribution in [2.45, 2.75) is 241 Å². The van der Waals surface area contributed by atoms with Gasteiger partial charge in [-0.3, -0.25) is 39.4 Å². The molecule has 4 aromatic carbocycles. The van der Waals surface area contributed by atoms with Crippen LogP contribution in [0.1, 0.15) is 202 Å². The number of anilines is 2. The maximum absolute atomic E-state index is 14.9. The summed E-state index contributed by atoms with van der Waals surface area (Å²) in [6.07, 6.45) is -2.66. The van der Waals surface area contributed by atoms with E-state index in [4.69, 9.17) is 75.5 Å². The van der Waals surface area contributed by atoms with Crippen molar-refractivity contribution in [1.82, 2.24) is 9.80 Å². The number of hydrogen-bond donors (Lipinski definition) is 2. The molecule has 0 aromatic heterocycles. The highest BCUT2D eigenvalue weighted by Gasteiger charge is 2.49. The second-order valence-electron chi connectivity index (χ2n) is 33.8. The zero-order valence-electron chi connectivity index (χ0n) is 73.9. The Balaban J connectivity index is 1.17. The van der Waals surface area contributed by atoms with Gasteiger partial charge in [0.2, 0.25) is 12.4 Å². The number of rotatable bonds is 41. The molecule has 121 heavy (non-hydrogen) atoms. The first-order valence-electron chi connectivity index (χ1n) is 40.9. The fourth-order valence-corrected chi connectivity index (χ4v) is 14.3. The number of likely N-dealkylation sites (tertiary alicyclic amines) is 2. The molecule has 3 heterocycles. The van der Waals surface area contributed by atoms with E-state index in [1.54, 1.807) is 102 Å². The molecule has 3 aliphatic heterocycles. The second kappa shape index (κ2) is 45.1. The maximum Gasteiger partial charge on any atom is 0.434 e. The lowest BCUT2D eigenvalue weighted by molar-refractivity contribution is -0.263. The van der Waals surface area contributed by atoms with Gasteiger partial charge < -0.3 is 85.3 Å². The van der Waals surface area contributed by atoms with Crippen molar-refractivity contribution in [2.24, 2.45) is 10.9 Å². The van der Waals surface area contributed by atoms with Crippen molar-refractivity contribution in [3.05, 3.63) is 137 Å². The monoisotopic (exact) mass is 1700 g/mol. The zero-order valence-corrected chi connectivity index (χ0v) is 74.9. The number of benzene rings is 4. The Morgan fingerprint density at radius 1 is 0.620 bits per heavy atom. The molecule has 2 N–H and O–H groups in total. The first-order chi connectivity index (χ1) is 57.0. The Hall–Kier alpha value is -10.2. The molecule has 664 valence electrons. The molecule has 0 spiro atoms. The highest BCUT2D eigenvalue weighted by molar-refractivity contribution is 6.74. The van der Waals surface area contributed by atoms with Crippen LogP contribution in [0.25, 0.3) is 0 Å². The summed E-state index contributed by atoms with van der Waals surface area (Å²) in [6, 6.07) is 15.6. The van der Waals surface area contributed by atoms with Gasteiger partial charge in [-0.1, -0.05) is 77.6 Å². The zero-order chi connectivity index (χ0) is 89.3. The van der Waals surface area contributed by atoms with Crippen LogP contribution in [0.3, 0.4) is 0 Å². The number of aryl methyl sites for hydroxylation is 1. The summed E-state index contributed by atoms with van der Waals surface area (Å²) in [6.45, 7) is 44.3. The van der Waals surface area contributed by atoms with Gasteiger partial charge in [0, 0.05) is 83.5 Å². The second-order valence-corrected chi connectivity index (χ2v) is 38.6. The number of carbonyl (C=O) groups is 9. The third kappa shape index (κ3) is 30.4. The van der Waals surface area contributed by atoms with Gasteiger partial charge in [-0.25, -0.2) is 14.4 Å². The number of aliphatic imine (C=N–C) groups is 1. The molecule has 0 aliphatic carbocycles. The van der Waals surface area contributed by atoms with Crippen LogP contribution in [0, 0.1) is 12.8 Å². The van der Waals surface area contributed by atoms with Crippen molar-refractivity contribution in [1.29, 1.82) is 0 Å². The largest absolute Gasteiger partial charge is 0.493 e. The number of methoxy groups -OCH3 is 2. The summed E-state index contributed by atoms with van der Waals surface area (Å²) in [5, 5.41) is 5.47. The first-order valence-corrected chi connectivity index (χ1v) is 43.8. The summed E-state index contributed by atoms with van der Waals surface area (Å²) in [7, 11) is 0.700. The number of carbonyl (C=O) groups excluding carboxylic acids is 9. The standard InChI is InChI=1S/C90H125N5O25Si/c1-23-31-110-85(102)92-72-47-76(57(5)40-69(72)82(100)95-50-56(4)39-67(95)54-114-121(21,22)90(16,17)18)111-52-63-41-64(43-68(42-63)109-37-36-108-35-34-107-33-25-27-65(45-79(99)119-88(10,11)12)91-87(104)120-89(13,14)15)53-112-78-48-73(70(46-77(78)106-20)83(101)94-49-55(3)38-66(94)24-2)93-86(103)113-51-62-29-30-75(71(44-62)74(98)28-26-32-105-19)118-84-81(117-61(9)97)80(116-60(8)96)58(6)59(7)115-84/h23,29-30,40-44,46-48,58-59,66-67,80-81,84H,1,3-4,24-28,31-39,45,49-54H2,2,5-22H3,(H,92,102)(H,93,103)/t58-,59-,66-,67+,80+,81-,84+/m1/s1. The van der Waals surface area contributed by atoms with Crippen molar-refractivity contribution in [3.63, 3.8) is 0 Å². The predicted octanol–water partition coefficient (Wildman–Crippen LogP) is 16.2. The van der Waals surface area contributed by atoms with Gasteiger partial charge >= 0.3 is 36.2 Å². The number of hydrogen-bond acceptors (Lipinski definition) is 25. The van der Waals surface area contributed by atoms with E-state index in [2.05, 4.69) is 69.2 Å². The lowest BCUT2D eigenvalue weighted by atomic mass is 9.91.